The fourth-order valence-electron chi connectivity index (χ4n) is 3.14. The summed E-state index contributed by atoms with van der Waals surface area (Å²) < 4.78 is 0. The van der Waals surface area contributed by atoms with Crippen molar-refractivity contribution in [3.63, 3.8) is 0 Å². The van der Waals surface area contributed by atoms with Crippen molar-refractivity contribution in [3.05, 3.63) is 41.3 Å². The van der Waals surface area contributed by atoms with E-state index in [1.54, 1.807) is 0 Å². The van der Waals surface area contributed by atoms with E-state index in [1.165, 1.54) is 36.1 Å². The second-order valence-electron chi connectivity index (χ2n) is 6.09. The number of imidazole rings is 1. The Morgan fingerprint density at radius 3 is 2.45 bits per heavy atom. The second-order valence-corrected chi connectivity index (χ2v) is 6.09. The van der Waals surface area contributed by atoms with Crippen LogP contribution in [0.15, 0.2) is 24.3 Å². The lowest BCUT2D eigenvalue weighted by Gasteiger charge is -2.40. The molecule has 1 aromatic carbocycles. The minimum Gasteiger partial charge on any atom is -0.345 e. The summed E-state index contributed by atoms with van der Waals surface area (Å²) in [5.74, 6) is 1.16. The number of rotatable bonds is 4. The number of nitrogens with zero attached hydrogens (tertiary/aromatic N) is 1. The summed E-state index contributed by atoms with van der Waals surface area (Å²) in [4.78, 5) is 8.46. The Morgan fingerprint density at radius 2 is 1.90 bits per heavy atom. The van der Waals surface area contributed by atoms with Gasteiger partial charge in [0.2, 0.25) is 0 Å². The Bertz CT molecular complexity index is 591. The van der Waals surface area contributed by atoms with Crippen molar-refractivity contribution in [1.29, 1.82) is 0 Å². The zero-order chi connectivity index (χ0) is 14.2. The highest BCUT2D eigenvalue weighted by Crippen LogP contribution is 2.42. The maximum absolute atomic E-state index is 4.93. The van der Waals surface area contributed by atoms with Gasteiger partial charge < -0.3 is 10.3 Å². The molecule has 1 aliphatic rings. The van der Waals surface area contributed by atoms with Crippen LogP contribution in [0, 0.1) is 13.8 Å². The Hall–Kier alpha value is -1.61. The van der Waals surface area contributed by atoms with Crippen LogP contribution in [0.5, 0.6) is 0 Å². The van der Waals surface area contributed by atoms with E-state index < -0.39 is 0 Å². The number of H-pyrrole nitrogens is 1. The van der Waals surface area contributed by atoms with Crippen molar-refractivity contribution < 1.29 is 0 Å². The highest BCUT2D eigenvalue weighted by atomic mass is 15.0. The number of aromatic amines is 1. The molecule has 3 rings (SSSR count). The molecule has 2 aromatic rings. The molecule has 0 unspecified atom stereocenters. The van der Waals surface area contributed by atoms with Crippen LogP contribution < -0.4 is 5.32 Å². The van der Waals surface area contributed by atoms with Crippen molar-refractivity contribution in [2.75, 3.05) is 13.6 Å². The van der Waals surface area contributed by atoms with Gasteiger partial charge in [0.25, 0.3) is 0 Å². The SMILES string of the molecule is CNCC1(c2nc(-c3ccc(C)cc3)c(C)[nH]2)CCC1. The average molecular weight is 269 g/mol. The van der Waals surface area contributed by atoms with E-state index in [-0.39, 0.29) is 5.41 Å². The van der Waals surface area contributed by atoms with E-state index in [0.29, 0.717) is 0 Å². The summed E-state index contributed by atoms with van der Waals surface area (Å²) >= 11 is 0. The first-order valence-corrected chi connectivity index (χ1v) is 7.43. The summed E-state index contributed by atoms with van der Waals surface area (Å²) in [5.41, 5.74) is 4.98. The first-order valence-electron chi connectivity index (χ1n) is 7.43. The van der Waals surface area contributed by atoms with Crippen LogP contribution in [0.2, 0.25) is 0 Å². The van der Waals surface area contributed by atoms with E-state index in [1.807, 2.05) is 7.05 Å². The Kier molecular flexibility index (Phi) is 3.38. The van der Waals surface area contributed by atoms with E-state index in [4.69, 9.17) is 4.98 Å². The van der Waals surface area contributed by atoms with Crippen molar-refractivity contribution in [1.82, 2.24) is 15.3 Å². The monoisotopic (exact) mass is 269 g/mol. The number of hydrogen-bond donors (Lipinski definition) is 2. The number of benzene rings is 1. The third-order valence-corrected chi connectivity index (χ3v) is 4.54. The highest BCUT2D eigenvalue weighted by Gasteiger charge is 2.41. The average Bonchev–Trinajstić information content (AvgIpc) is 2.77. The fourth-order valence-corrected chi connectivity index (χ4v) is 3.14. The lowest BCUT2D eigenvalue weighted by molar-refractivity contribution is 0.226. The van der Waals surface area contributed by atoms with Crippen LogP contribution in [0.3, 0.4) is 0 Å². The number of likely N-dealkylation sites (N-methyl/N-ethyl adjacent to an activating group) is 1. The Morgan fingerprint density at radius 1 is 1.20 bits per heavy atom. The maximum Gasteiger partial charge on any atom is 0.114 e. The molecule has 1 aliphatic carbocycles. The summed E-state index contributed by atoms with van der Waals surface area (Å²) in [6.45, 7) is 5.24. The molecule has 3 nitrogen and oxygen atoms in total. The molecule has 1 aromatic heterocycles. The minimum absolute atomic E-state index is 0.225. The van der Waals surface area contributed by atoms with Crippen LogP contribution in [0.1, 0.15) is 36.3 Å². The third-order valence-electron chi connectivity index (χ3n) is 4.54. The lowest BCUT2D eigenvalue weighted by atomic mass is 9.68. The molecule has 106 valence electrons. The zero-order valence-corrected chi connectivity index (χ0v) is 12.6. The molecule has 20 heavy (non-hydrogen) atoms. The van der Waals surface area contributed by atoms with E-state index in [0.717, 1.165) is 18.1 Å². The maximum atomic E-state index is 4.93. The molecule has 0 amide bonds. The van der Waals surface area contributed by atoms with Gasteiger partial charge >= 0.3 is 0 Å². The largest absolute Gasteiger partial charge is 0.345 e. The van der Waals surface area contributed by atoms with Gasteiger partial charge in [-0.25, -0.2) is 4.98 Å². The molecular weight excluding hydrogens is 246 g/mol. The third kappa shape index (κ3) is 2.16. The predicted molar refractivity (Wildman–Crippen MR) is 83.0 cm³/mol. The van der Waals surface area contributed by atoms with Crippen molar-refractivity contribution in [2.24, 2.45) is 0 Å². The van der Waals surface area contributed by atoms with Gasteiger partial charge in [-0.05, 0) is 33.7 Å². The molecule has 0 bridgehead atoms. The lowest BCUT2D eigenvalue weighted by Crippen LogP contribution is -2.43. The molecule has 0 radical (unpaired) electrons. The van der Waals surface area contributed by atoms with Gasteiger partial charge in [-0.2, -0.15) is 0 Å². The molecule has 0 aliphatic heterocycles. The van der Waals surface area contributed by atoms with Gasteiger partial charge in [-0.3, -0.25) is 0 Å². The quantitative estimate of drug-likeness (QED) is 0.893. The van der Waals surface area contributed by atoms with Crippen molar-refractivity contribution in [3.8, 4) is 11.3 Å². The first-order chi connectivity index (χ1) is 9.64. The van der Waals surface area contributed by atoms with Crippen LogP contribution in [0.25, 0.3) is 11.3 Å². The van der Waals surface area contributed by atoms with Crippen LogP contribution >= 0.6 is 0 Å². The summed E-state index contributed by atoms with van der Waals surface area (Å²) in [7, 11) is 2.02. The second kappa shape index (κ2) is 5.06. The standard InChI is InChI=1S/C17H23N3/c1-12-5-7-14(8-6-12)15-13(2)19-16(20-15)17(11-18-3)9-4-10-17/h5-8,18H,4,9-11H2,1-3H3,(H,19,20). The summed E-state index contributed by atoms with van der Waals surface area (Å²) in [6, 6.07) is 8.62. The van der Waals surface area contributed by atoms with E-state index in [9.17, 15) is 0 Å². The van der Waals surface area contributed by atoms with Gasteiger partial charge in [0.15, 0.2) is 0 Å². The van der Waals surface area contributed by atoms with Gasteiger partial charge in [0.05, 0.1) is 5.69 Å². The Labute approximate surface area is 120 Å². The molecule has 0 saturated heterocycles. The minimum atomic E-state index is 0.225. The van der Waals surface area contributed by atoms with Crippen LogP contribution in [0.4, 0.5) is 0 Å². The molecule has 0 atom stereocenters. The molecule has 1 saturated carbocycles. The summed E-state index contributed by atoms with van der Waals surface area (Å²) in [6.07, 6.45) is 3.77. The van der Waals surface area contributed by atoms with Crippen molar-refractivity contribution >= 4 is 0 Å². The molecular formula is C17H23N3. The topological polar surface area (TPSA) is 40.7 Å². The number of nitrogens with one attached hydrogen (secondary N) is 2. The van der Waals surface area contributed by atoms with Gasteiger partial charge in [0, 0.05) is 23.2 Å². The number of hydrogen-bond acceptors (Lipinski definition) is 2. The zero-order valence-electron chi connectivity index (χ0n) is 12.6. The number of aromatic nitrogens is 2. The van der Waals surface area contributed by atoms with Gasteiger partial charge in [-0.15, -0.1) is 0 Å². The normalized spacial score (nSPS) is 16.9. The highest BCUT2D eigenvalue weighted by molar-refractivity contribution is 5.62. The summed E-state index contributed by atoms with van der Waals surface area (Å²) in [5, 5.41) is 3.32. The molecule has 1 heterocycles. The van der Waals surface area contributed by atoms with Crippen LogP contribution in [-0.2, 0) is 5.41 Å². The van der Waals surface area contributed by atoms with E-state index >= 15 is 0 Å². The molecule has 1 fully saturated rings. The van der Waals surface area contributed by atoms with Gasteiger partial charge in [-0.1, -0.05) is 36.2 Å². The first kappa shape index (κ1) is 13.4. The predicted octanol–water partition coefficient (Wildman–Crippen LogP) is 3.33. The molecule has 2 N–H and O–H groups in total. The molecule has 0 spiro atoms. The van der Waals surface area contributed by atoms with E-state index in [2.05, 4.69) is 48.4 Å². The fraction of sp³-hybridized carbons (Fsp3) is 0.471. The Balaban J connectivity index is 1.96. The van der Waals surface area contributed by atoms with Crippen molar-refractivity contribution in [2.45, 2.75) is 38.5 Å². The number of aryl methyl sites for hydroxylation is 2. The van der Waals surface area contributed by atoms with Crippen LogP contribution in [-0.4, -0.2) is 23.6 Å². The smallest absolute Gasteiger partial charge is 0.114 e. The van der Waals surface area contributed by atoms with Gasteiger partial charge in [0.1, 0.15) is 5.82 Å². The molecule has 3 heteroatoms.